The van der Waals surface area contributed by atoms with Crippen LogP contribution in [0.15, 0.2) is 42.5 Å². The van der Waals surface area contributed by atoms with Crippen LogP contribution in [0.4, 0.5) is 5.69 Å². The molecule has 6 heteroatoms. The molecule has 1 heterocycles. The van der Waals surface area contributed by atoms with Crippen LogP contribution in [-0.2, 0) is 16.1 Å². The number of hydrogen-bond donors (Lipinski definition) is 1. The molecular formula is C20H21ClN2O3. The first kappa shape index (κ1) is 18.3. The van der Waals surface area contributed by atoms with E-state index < -0.39 is 0 Å². The number of amides is 2. The third kappa shape index (κ3) is 3.83. The molecule has 0 aromatic heterocycles. The predicted octanol–water partition coefficient (Wildman–Crippen LogP) is 3.33. The summed E-state index contributed by atoms with van der Waals surface area (Å²) in [5.74, 6) is 0.196. The fourth-order valence-electron chi connectivity index (χ4n) is 3.12. The summed E-state index contributed by atoms with van der Waals surface area (Å²) in [5.41, 5.74) is 2.56. The first-order valence-electron chi connectivity index (χ1n) is 8.45. The third-order valence-corrected chi connectivity index (χ3v) is 5.04. The normalized spacial score (nSPS) is 16.7. The van der Waals surface area contributed by atoms with Crippen LogP contribution in [0.2, 0.25) is 5.02 Å². The molecule has 1 aliphatic rings. The van der Waals surface area contributed by atoms with Gasteiger partial charge in [0.15, 0.2) is 0 Å². The van der Waals surface area contributed by atoms with E-state index in [9.17, 15) is 9.59 Å². The monoisotopic (exact) mass is 372 g/mol. The molecule has 0 saturated carbocycles. The quantitative estimate of drug-likeness (QED) is 0.875. The zero-order valence-corrected chi connectivity index (χ0v) is 15.5. The number of ether oxygens (including phenoxy) is 1. The lowest BCUT2D eigenvalue weighted by Gasteiger charge is -2.19. The first-order valence-corrected chi connectivity index (χ1v) is 8.83. The van der Waals surface area contributed by atoms with Crippen LogP contribution in [0.25, 0.3) is 0 Å². The third-order valence-electron chi connectivity index (χ3n) is 4.63. The molecule has 1 N–H and O–H groups in total. The van der Waals surface area contributed by atoms with Crippen molar-refractivity contribution in [3.8, 4) is 5.75 Å². The van der Waals surface area contributed by atoms with Crippen molar-refractivity contribution in [2.45, 2.75) is 19.9 Å². The maximum Gasteiger partial charge on any atom is 0.227 e. The van der Waals surface area contributed by atoms with Gasteiger partial charge in [-0.2, -0.15) is 0 Å². The van der Waals surface area contributed by atoms with Gasteiger partial charge in [-0.1, -0.05) is 29.8 Å². The Morgan fingerprint density at radius 2 is 2.08 bits per heavy atom. The maximum absolute atomic E-state index is 12.5. The summed E-state index contributed by atoms with van der Waals surface area (Å²) in [4.78, 5) is 26.5. The summed E-state index contributed by atoms with van der Waals surface area (Å²) in [5, 5.41) is 3.52. The number of benzene rings is 2. The summed E-state index contributed by atoms with van der Waals surface area (Å²) in [6.07, 6.45) is 0.204. The molecule has 0 spiro atoms. The summed E-state index contributed by atoms with van der Waals surface area (Å²) in [6.45, 7) is 2.64. The van der Waals surface area contributed by atoms with E-state index >= 15 is 0 Å². The molecule has 0 bridgehead atoms. The minimum Gasteiger partial charge on any atom is -0.497 e. The molecule has 1 aliphatic heterocycles. The molecular weight excluding hydrogens is 352 g/mol. The van der Waals surface area contributed by atoms with Crippen LogP contribution in [0.3, 0.4) is 0 Å². The van der Waals surface area contributed by atoms with Gasteiger partial charge in [0, 0.05) is 30.2 Å². The molecule has 2 aromatic carbocycles. The van der Waals surface area contributed by atoms with Gasteiger partial charge in [0.1, 0.15) is 5.75 Å². The second-order valence-corrected chi connectivity index (χ2v) is 6.77. The Hall–Kier alpha value is -2.53. The highest BCUT2D eigenvalue weighted by Crippen LogP contribution is 2.31. The number of carbonyl (C=O) groups is 2. The first-order chi connectivity index (χ1) is 12.5. The molecule has 0 radical (unpaired) electrons. The fourth-order valence-corrected chi connectivity index (χ4v) is 3.29. The Kier molecular flexibility index (Phi) is 5.47. The second kappa shape index (κ2) is 7.79. The topological polar surface area (TPSA) is 58.6 Å². The second-order valence-electron chi connectivity index (χ2n) is 6.36. The Morgan fingerprint density at radius 1 is 1.31 bits per heavy atom. The van der Waals surface area contributed by atoms with Crippen molar-refractivity contribution in [3.05, 3.63) is 58.6 Å². The molecule has 1 atom stereocenters. The van der Waals surface area contributed by atoms with Crippen LogP contribution in [-0.4, -0.2) is 25.5 Å². The maximum atomic E-state index is 12.5. The number of halogens is 1. The van der Waals surface area contributed by atoms with Gasteiger partial charge in [-0.3, -0.25) is 9.59 Å². The molecule has 0 unspecified atom stereocenters. The fraction of sp³-hybridized carbons (Fsp3) is 0.300. The van der Waals surface area contributed by atoms with E-state index in [4.69, 9.17) is 16.3 Å². The lowest BCUT2D eigenvalue weighted by molar-refractivity contribution is -0.126. The lowest BCUT2D eigenvalue weighted by Crippen LogP contribution is -2.32. The molecule has 2 amide bonds. The van der Waals surface area contributed by atoms with Gasteiger partial charge < -0.3 is 15.0 Å². The average Bonchev–Trinajstić information content (AvgIpc) is 3.04. The van der Waals surface area contributed by atoms with Gasteiger partial charge in [0.2, 0.25) is 11.8 Å². The van der Waals surface area contributed by atoms with Crippen molar-refractivity contribution in [2.24, 2.45) is 5.92 Å². The van der Waals surface area contributed by atoms with Crippen molar-refractivity contribution in [2.75, 3.05) is 18.6 Å². The van der Waals surface area contributed by atoms with Crippen molar-refractivity contribution < 1.29 is 14.3 Å². The van der Waals surface area contributed by atoms with Crippen molar-refractivity contribution in [3.63, 3.8) is 0 Å². The number of hydrogen-bond acceptors (Lipinski definition) is 3. The molecule has 5 nitrogen and oxygen atoms in total. The zero-order chi connectivity index (χ0) is 18.7. The van der Waals surface area contributed by atoms with Gasteiger partial charge >= 0.3 is 0 Å². The van der Waals surface area contributed by atoms with E-state index in [1.165, 1.54) is 0 Å². The summed E-state index contributed by atoms with van der Waals surface area (Å²) >= 11 is 6.15. The number of methoxy groups -OCH3 is 1. The summed E-state index contributed by atoms with van der Waals surface area (Å²) in [6, 6.07) is 13.0. The Morgan fingerprint density at radius 3 is 2.85 bits per heavy atom. The van der Waals surface area contributed by atoms with Gasteiger partial charge in [-0.15, -0.1) is 0 Å². The molecule has 136 valence electrons. The van der Waals surface area contributed by atoms with Crippen LogP contribution in [0.5, 0.6) is 5.75 Å². The minimum absolute atomic E-state index is 0.0584. The number of anilines is 1. The smallest absolute Gasteiger partial charge is 0.227 e. The summed E-state index contributed by atoms with van der Waals surface area (Å²) < 4.78 is 5.18. The Bertz CT molecular complexity index is 838. The number of nitrogens with one attached hydrogen (secondary N) is 1. The highest BCUT2D eigenvalue weighted by molar-refractivity contribution is 6.31. The van der Waals surface area contributed by atoms with Crippen LogP contribution < -0.4 is 15.0 Å². The highest BCUT2D eigenvalue weighted by Gasteiger charge is 2.35. The van der Waals surface area contributed by atoms with Gasteiger partial charge in [0.25, 0.3) is 0 Å². The van der Waals surface area contributed by atoms with Crippen molar-refractivity contribution in [1.29, 1.82) is 0 Å². The van der Waals surface area contributed by atoms with Crippen molar-refractivity contribution in [1.82, 2.24) is 5.32 Å². The van der Waals surface area contributed by atoms with E-state index in [0.29, 0.717) is 18.1 Å². The van der Waals surface area contributed by atoms with Gasteiger partial charge in [0.05, 0.1) is 13.0 Å². The largest absolute Gasteiger partial charge is 0.497 e. The van der Waals surface area contributed by atoms with E-state index in [0.717, 1.165) is 22.6 Å². The standard InChI is InChI=1S/C20H21ClN2O3/c1-13-17(21)7-4-8-18(13)23-12-15(10-19(23)24)20(25)22-11-14-5-3-6-16(9-14)26-2/h3-9,15H,10-12H2,1-2H3,(H,22,25)/t15-/m1/s1. The Labute approximate surface area is 157 Å². The highest BCUT2D eigenvalue weighted by atomic mass is 35.5. The lowest BCUT2D eigenvalue weighted by atomic mass is 10.1. The number of carbonyl (C=O) groups excluding carboxylic acids is 2. The molecule has 0 aliphatic carbocycles. The summed E-state index contributed by atoms with van der Waals surface area (Å²) in [7, 11) is 1.61. The Balaban J connectivity index is 1.64. The van der Waals surface area contributed by atoms with E-state index in [2.05, 4.69) is 5.32 Å². The van der Waals surface area contributed by atoms with Crippen LogP contribution in [0.1, 0.15) is 17.5 Å². The minimum atomic E-state index is -0.369. The van der Waals surface area contributed by atoms with Gasteiger partial charge in [-0.25, -0.2) is 0 Å². The average molecular weight is 373 g/mol. The zero-order valence-electron chi connectivity index (χ0n) is 14.8. The van der Waals surface area contributed by atoms with Crippen LogP contribution >= 0.6 is 11.6 Å². The molecule has 26 heavy (non-hydrogen) atoms. The number of nitrogens with zero attached hydrogens (tertiary/aromatic N) is 1. The predicted molar refractivity (Wildman–Crippen MR) is 101 cm³/mol. The SMILES string of the molecule is COc1cccc(CNC(=O)[C@@H]2CC(=O)N(c3cccc(Cl)c3C)C2)c1. The molecule has 1 saturated heterocycles. The number of rotatable bonds is 5. The van der Waals surface area contributed by atoms with Gasteiger partial charge in [-0.05, 0) is 42.3 Å². The van der Waals surface area contributed by atoms with E-state index in [1.54, 1.807) is 18.1 Å². The van der Waals surface area contributed by atoms with E-state index in [1.807, 2.05) is 43.3 Å². The molecule has 2 aromatic rings. The molecule has 3 rings (SSSR count). The van der Waals surface area contributed by atoms with E-state index in [-0.39, 0.29) is 24.2 Å². The van der Waals surface area contributed by atoms with Crippen LogP contribution in [0, 0.1) is 12.8 Å². The van der Waals surface area contributed by atoms with Crippen molar-refractivity contribution >= 4 is 29.1 Å². The molecule has 1 fully saturated rings.